The molecule has 24 heavy (non-hydrogen) atoms. The van der Waals surface area contributed by atoms with Crippen LogP contribution in [0, 0.1) is 5.82 Å². The molecule has 0 saturated heterocycles. The summed E-state index contributed by atoms with van der Waals surface area (Å²) < 4.78 is 44.5. The minimum Gasteiger partial charge on any atom is -0.434 e. The Bertz CT molecular complexity index is 837. The maximum absolute atomic E-state index is 13.4. The van der Waals surface area contributed by atoms with Crippen molar-refractivity contribution in [1.29, 1.82) is 0 Å². The molecule has 126 valence electrons. The number of fused-ring (bicyclic) bond motifs is 1. The predicted octanol–water partition coefficient (Wildman–Crippen LogP) is 3.32. The van der Waals surface area contributed by atoms with Crippen molar-refractivity contribution >= 4 is 5.65 Å². The second kappa shape index (κ2) is 6.88. The Labute approximate surface area is 136 Å². The fourth-order valence-electron chi connectivity index (χ4n) is 2.41. The Morgan fingerprint density at radius 3 is 2.83 bits per heavy atom. The van der Waals surface area contributed by atoms with Gasteiger partial charge in [-0.05, 0) is 37.3 Å². The zero-order chi connectivity index (χ0) is 17.1. The Kier molecular flexibility index (Phi) is 4.66. The fraction of sp³-hybridized carbons (Fsp3) is 0.250. The molecule has 0 aliphatic carbocycles. The lowest BCUT2D eigenvalue weighted by Gasteiger charge is -2.15. The van der Waals surface area contributed by atoms with Crippen LogP contribution in [0.25, 0.3) is 5.65 Å². The maximum Gasteiger partial charge on any atom is 0.387 e. The van der Waals surface area contributed by atoms with Gasteiger partial charge in [0.1, 0.15) is 11.6 Å². The van der Waals surface area contributed by atoms with Crippen LogP contribution in [0.3, 0.4) is 0 Å². The molecule has 0 aliphatic rings. The zero-order valence-corrected chi connectivity index (χ0v) is 12.8. The number of alkyl halides is 2. The normalized spacial score (nSPS) is 12.7. The van der Waals surface area contributed by atoms with Gasteiger partial charge in [0.15, 0.2) is 11.5 Å². The van der Waals surface area contributed by atoms with Crippen molar-refractivity contribution < 1.29 is 17.9 Å². The first kappa shape index (κ1) is 16.3. The lowest BCUT2D eigenvalue weighted by atomic mass is 10.2. The minimum absolute atomic E-state index is 0.0581. The number of nitrogens with zero attached hydrogens (tertiary/aromatic N) is 3. The van der Waals surface area contributed by atoms with Crippen LogP contribution in [0.5, 0.6) is 5.75 Å². The van der Waals surface area contributed by atoms with E-state index in [0.717, 1.165) is 6.07 Å². The Hall–Kier alpha value is -2.61. The number of rotatable bonds is 6. The molecule has 0 bridgehead atoms. The van der Waals surface area contributed by atoms with Gasteiger partial charge in [-0.25, -0.2) is 4.39 Å². The van der Waals surface area contributed by atoms with Crippen molar-refractivity contribution in [2.45, 2.75) is 26.1 Å². The number of benzene rings is 1. The summed E-state index contributed by atoms with van der Waals surface area (Å²) in [6.45, 7) is -0.967. The van der Waals surface area contributed by atoms with E-state index in [4.69, 9.17) is 0 Å². The van der Waals surface area contributed by atoms with Crippen molar-refractivity contribution in [2.75, 3.05) is 0 Å². The first-order valence-corrected chi connectivity index (χ1v) is 7.31. The highest BCUT2D eigenvalue weighted by Gasteiger charge is 2.15. The van der Waals surface area contributed by atoms with Gasteiger partial charge in [0.05, 0.1) is 6.04 Å². The van der Waals surface area contributed by atoms with Crippen LogP contribution in [0.1, 0.15) is 24.4 Å². The molecule has 0 amide bonds. The molecule has 5 nitrogen and oxygen atoms in total. The van der Waals surface area contributed by atoms with E-state index in [-0.39, 0.29) is 18.3 Å². The van der Waals surface area contributed by atoms with E-state index < -0.39 is 12.4 Å². The van der Waals surface area contributed by atoms with E-state index in [0.29, 0.717) is 17.0 Å². The molecule has 3 aromatic rings. The number of pyridine rings is 1. The summed E-state index contributed by atoms with van der Waals surface area (Å²) in [5.74, 6) is 0.0875. The summed E-state index contributed by atoms with van der Waals surface area (Å²) in [4.78, 5) is 0. The van der Waals surface area contributed by atoms with Gasteiger partial charge in [-0.2, -0.15) is 8.78 Å². The third-order valence-electron chi connectivity index (χ3n) is 3.56. The molecule has 0 fully saturated rings. The van der Waals surface area contributed by atoms with E-state index >= 15 is 0 Å². The smallest absolute Gasteiger partial charge is 0.387 e. The number of halogens is 3. The molecule has 2 aromatic heterocycles. The van der Waals surface area contributed by atoms with Crippen LogP contribution in [0.15, 0.2) is 42.6 Å². The van der Waals surface area contributed by atoms with Crippen LogP contribution >= 0.6 is 0 Å². The second-order valence-corrected chi connectivity index (χ2v) is 5.22. The molecule has 8 heteroatoms. The molecule has 2 heterocycles. The number of hydrogen-bond donors (Lipinski definition) is 1. The molecular formula is C16H15F3N4O. The number of aromatic nitrogens is 3. The summed E-state index contributed by atoms with van der Waals surface area (Å²) in [5, 5.41) is 11.3. The molecule has 0 saturated carbocycles. The molecule has 1 N–H and O–H groups in total. The molecule has 0 spiro atoms. The largest absolute Gasteiger partial charge is 0.434 e. The van der Waals surface area contributed by atoms with Crippen LogP contribution < -0.4 is 10.1 Å². The van der Waals surface area contributed by atoms with Crippen molar-refractivity contribution in [3.8, 4) is 5.75 Å². The van der Waals surface area contributed by atoms with Crippen LogP contribution in [0.2, 0.25) is 0 Å². The predicted molar refractivity (Wildman–Crippen MR) is 81.3 cm³/mol. The lowest BCUT2D eigenvalue weighted by Crippen LogP contribution is -2.21. The minimum atomic E-state index is -2.97. The Balaban J connectivity index is 1.76. The summed E-state index contributed by atoms with van der Waals surface area (Å²) in [6, 6.07) is 8.74. The molecule has 1 atom stereocenters. The third kappa shape index (κ3) is 3.48. The highest BCUT2D eigenvalue weighted by molar-refractivity contribution is 5.37. The average molecular weight is 336 g/mol. The zero-order valence-electron chi connectivity index (χ0n) is 12.8. The van der Waals surface area contributed by atoms with Gasteiger partial charge in [-0.15, -0.1) is 10.2 Å². The van der Waals surface area contributed by atoms with Crippen molar-refractivity contribution in [3.63, 3.8) is 0 Å². The Morgan fingerprint density at radius 1 is 1.21 bits per heavy atom. The lowest BCUT2D eigenvalue weighted by molar-refractivity contribution is -0.0505. The van der Waals surface area contributed by atoms with Gasteiger partial charge in [0, 0.05) is 18.3 Å². The highest BCUT2D eigenvalue weighted by Crippen LogP contribution is 2.23. The molecule has 0 radical (unpaired) electrons. The standard InChI is InChI=1S/C16H15F3N4O/c1-10(15-22-21-14-4-2-3-7-23(14)15)20-9-11-8-12(17)5-6-13(11)24-16(18)19/h2-8,10,16,20H,9H2,1H3. The first-order chi connectivity index (χ1) is 11.5. The quantitative estimate of drug-likeness (QED) is 0.750. The van der Waals surface area contributed by atoms with Gasteiger partial charge in [-0.1, -0.05) is 6.07 Å². The van der Waals surface area contributed by atoms with Gasteiger partial charge >= 0.3 is 6.61 Å². The van der Waals surface area contributed by atoms with E-state index in [2.05, 4.69) is 20.3 Å². The molecule has 1 aromatic carbocycles. The monoisotopic (exact) mass is 336 g/mol. The Morgan fingerprint density at radius 2 is 2.04 bits per heavy atom. The van der Waals surface area contributed by atoms with Crippen LogP contribution in [0.4, 0.5) is 13.2 Å². The molecular weight excluding hydrogens is 321 g/mol. The van der Waals surface area contributed by atoms with E-state index in [1.807, 2.05) is 35.7 Å². The van der Waals surface area contributed by atoms with E-state index in [9.17, 15) is 13.2 Å². The van der Waals surface area contributed by atoms with Crippen LogP contribution in [-0.2, 0) is 6.54 Å². The second-order valence-electron chi connectivity index (χ2n) is 5.22. The van der Waals surface area contributed by atoms with E-state index in [1.54, 1.807) is 0 Å². The van der Waals surface area contributed by atoms with Gasteiger partial charge in [0.25, 0.3) is 0 Å². The van der Waals surface area contributed by atoms with Gasteiger partial charge in [0.2, 0.25) is 0 Å². The molecule has 1 unspecified atom stereocenters. The molecule has 3 rings (SSSR count). The maximum atomic E-state index is 13.4. The summed E-state index contributed by atoms with van der Waals surface area (Å²) in [6.07, 6.45) is 1.83. The first-order valence-electron chi connectivity index (χ1n) is 7.31. The number of ether oxygens (including phenoxy) is 1. The van der Waals surface area contributed by atoms with Crippen molar-refractivity contribution in [3.05, 3.63) is 59.8 Å². The van der Waals surface area contributed by atoms with Crippen molar-refractivity contribution in [1.82, 2.24) is 19.9 Å². The topological polar surface area (TPSA) is 51.5 Å². The molecule has 0 aliphatic heterocycles. The van der Waals surface area contributed by atoms with Gasteiger partial charge in [-0.3, -0.25) is 4.40 Å². The SMILES string of the molecule is CC(NCc1cc(F)ccc1OC(F)F)c1nnc2ccccn12. The highest BCUT2D eigenvalue weighted by atomic mass is 19.3. The fourth-order valence-corrected chi connectivity index (χ4v) is 2.41. The van der Waals surface area contributed by atoms with Crippen molar-refractivity contribution in [2.24, 2.45) is 0 Å². The summed E-state index contributed by atoms with van der Waals surface area (Å²) >= 11 is 0. The number of nitrogens with one attached hydrogen (secondary N) is 1. The van der Waals surface area contributed by atoms with E-state index in [1.165, 1.54) is 12.1 Å². The van der Waals surface area contributed by atoms with Crippen LogP contribution in [-0.4, -0.2) is 21.2 Å². The van der Waals surface area contributed by atoms with Gasteiger partial charge < -0.3 is 10.1 Å². The third-order valence-corrected chi connectivity index (χ3v) is 3.56. The summed E-state index contributed by atoms with van der Waals surface area (Å²) in [7, 11) is 0. The number of hydrogen-bond acceptors (Lipinski definition) is 4. The summed E-state index contributed by atoms with van der Waals surface area (Å²) in [5.41, 5.74) is 1.00. The average Bonchev–Trinajstić information content (AvgIpc) is 2.98.